The topological polar surface area (TPSA) is 113 Å². The standard InChI is InChI=1S/C22H20N2O7S/c1-4-31-21(28)15-9-10-16-17(11-15)32-22(24(16)12-18(25)29-2)23-19(26)13-5-7-14(8-6-13)20(27)30-3/h5-11H,4,12H2,1-3H3. The largest absolute Gasteiger partial charge is 0.468 e. The van der Waals surface area contributed by atoms with Gasteiger partial charge in [-0.15, -0.1) is 0 Å². The van der Waals surface area contributed by atoms with Gasteiger partial charge in [0.1, 0.15) is 6.54 Å². The van der Waals surface area contributed by atoms with E-state index in [0.29, 0.717) is 21.3 Å². The van der Waals surface area contributed by atoms with Crippen molar-refractivity contribution in [1.29, 1.82) is 0 Å². The molecule has 0 aliphatic heterocycles. The van der Waals surface area contributed by atoms with E-state index >= 15 is 0 Å². The number of benzene rings is 2. The fraction of sp³-hybridized carbons (Fsp3) is 0.227. The number of rotatable bonds is 6. The highest BCUT2D eigenvalue weighted by Crippen LogP contribution is 2.20. The van der Waals surface area contributed by atoms with Crippen LogP contribution in [0.4, 0.5) is 0 Å². The Morgan fingerprint density at radius 3 is 2.19 bits per heavy atom. The van der Waals surface area contributed by atoms with Crippen molar-refractivity contribution in [1.82, 2.24) is 4.57 Å². The normalized spacial score (nSPS) is 11.3. The minimum Gasteiger partial charge on any atom is -0.468 e. The summed E-state index contributed by atoms with van der Waals surface area (Å²) < 4.78 is 16.6. The van der Waals surface area contributed by atoms with Crippen molar-refractivity contribution in [3.8, 4) is 0 Å². The first-order valence-corrected chi connectivity index (χ1v) is 10.3. The van der Waals surface area contributed by atoms with Gasteiger partial charge in [0, 0.05) is 5.56 Å². The average molecular weight is 456 g/mol. The lowest BCUT2D eigenvalue weighted by molar-refractivity contribution is -0.141. The van der Waals surface area contributed by atoms with Gasteiger partial charge >= 0.3 is 17.9 Å². The zero-order valence-corrected chi connectivity index (χ0v) is 18.4. The molecule has 2 aromatic carbocycles. The maximum Gasteiger partial charge on any atom is 0.338 e. The summed E-state index contributed by atoms with van der Waals surface area (Å²) in [5, 5.41) is 0. The van der Waals surface area contributed by atoms with Gasteiger partial charge in [-0.25, -0.2) is 9.59 Å². The second kappa shape index (κ2) is 10.0. The van der Waals surface area contributed by atoms with Gasteiger partial charge < -0.3 is 18.8 Å². The Bertz CT molecular complexity index is 1260. The van der Waals surface area contributed by atoms with Crippen molar-refractivity contribution in [2.24, 2.45) is 4.99 Å². The minimum atomic E-state index is -0.558. The Balaban J connectivity index is 2.06. The number of esters is 3. The first kappa shape index (κ1) is 22.9. The molecule has 1 heterocycles. The van der Waals surface area contributed by atoms with E-state index in [9.17, 15) is 19.2 Å². The number of aromatic nitrogens is 1. The van der Waals surface area contributed by atoms with Crippen LogP contribution in [0, 0.1) is 0 Å². The fourth-order valence-electron chi connectivity index (χ4n) is 2.86. The van der Waals surface area contributed by atoms with E-state index in [1.807, 2.05) is 0 Å². The molecule has 9 nitrogen and oxygen atoms in total. The maximum atomic E-state index is 12.7. The Hall–Kier alpha value is -3.79. The van der Waals surface area contributed by atoms with E-state index < -0.39 is 23.8 Å². The van der Waals surface area contributed by atoms with E-state index in [0.717, 1.165) is 11.3 Å². The molecule has 166 valence electrons. The van der Waals surface area contributed by atoms with Crippen LogP contribution in [0.2, 0.25) is 0 Å². The number of carbonyl (C=O) groups is 4. The SMILES string of the molecule is CCOC(=O)c1ccc2c(c1)sc(=NC(=O)c1ccc(C(=O)OC)cc1)n2CC(=O)OC. The number of nitrogens with zero attached hydrogens (tertiary/aromatic N) is 2. The summed E-state index contributed by atoms with van der Waals surface area (Å²) in [5.41, 5.74) is 1.52. The van der Waals surface area contributed by atoms with Gasteiger partial charge in [0.2, 0.25) is 0 Å². The highest BCUT2D eigenvalue weighted by Gasteiger charge is 2.15. The number of fused-ring (bicyclic) bond motifs is 1. The van der Waals surface area contributed by atoms with Crippen molar-refractivity contribution in [3.63, 3.8) is 0 Å². The highest BCUT2D eigenvalue weighted by atomic mass is 32.1. The van der Waals surface area contributed by atoms with E-state index in [4.69, 9.17) is 9.47 Å². The molecule has 32 heavy (non-hydrogen) atoms. The van der Waals surface area contributed by atoms with E-state index in [-0.39, 0.29) is 23.5 Å². The number of hydrogen-bond acceptors (Lipinski definition) is 8. The van der Waals surface area contributed by atoms with E-state index in [1.54, 1.807) is 29.7 Å². The summed E-state index contributed by atoms with van der Waals surface area (Å²) >= 11 is 1.15. The van der Waals surface area contributed by atoms with Crippen molar-refractivity contribution < 1.29 is 33.4 Å². The Labute approximate surface area is 186 Å². The molecular formula is C22H20N2O7S. The molecule has 0 unspecified atom stereocenters. The Kier molecular flexibility index (Phi) is 7.16. The summed E-state index contributed by atoms with van der Waals surface area (Å²) in [6.45, 7) is 1.79. The van der Waals surface area contributed by atoms with Crippen molar-refractivity contribution in [2.45, 2.75) is 13.5 Å². The summed E-state index contributed by atoms with van der Waals surface area (Å²) in [6, 6.07) is 10.7. The molecule has 1 aromatic heterocycles. The summed E-state index contributed by atoms with van der Waals surface area (Å²) in [5.74, 6) is -2.06. The molecule has 1 amide bonds. The lowest BCUT2D eigenvalue weighted by Crippen LogP contribution is -2.22. The number of ether oxygens (including phenoxy) is 3. The van der Waals surface area contributed by atoms with Gasteiger partial charge in [0.05, 0.1) is 42.2 Å². The summed E-state index contributed by atoms with van der Waals surface area (Å²) in [4.78, 5) is 52.7. The molecule has 0 radical (unpaired) electrons. The second-order valence-electron chi connectivity index (χ2n) is 6.44. The van der Waals surface area contributed by atoms with Crippen LogP contribution in [-0.4, -0.2) is 49.2 Å². The zero-order chi connectivity index (χ0) is 23.3. The van der Waals surface area contributed by atoms with E-state index in [1.165, 1.54) is 38.5 Å². The molecule has 0 spiro atoms. The summed E-state index contributed by atoms with van der Waals surface area (Å²) in [6.07, 6.45) is 0. The van der Waals surface area contributed by atoms with Crippen LogP contribution in [-0.2, 0) is 25.5 Å². The molecule has 0 atom stereocenters. The monoisotopic (exact) mass is 456 g/mol. The minimum absolute atomic E-state index is 0.164. The summed E-state index contributed by atoms with van der Waals surface area (Å²) in [7, 11) is 2.53. The van der Waals surface area contributed by atoms with Crippen LogP contribution in [0.3, 0.4) is 0 Å². The third kappa shape index (κ3) is 4.92. The zero-order valence-electron chi connectivity index (χ0n) is 17.6. The quantitative estimate of drug-likeness (QED) is 0.414. The van der Waals surface area contributed by atoms with Gasteiger partial charge in [-0.05, 0) is 49.4 Å². The van der Waals surface area contributed by atoms with Crippen LogP contribution in [0.1, 0.15) is 38.0 Å². The van der Waals surface area contributed by atoms with Gasteiger partial charge in [-0.2, -0.15) is 4.99 Å². The van der Waals surface area contributed by atoms with Gasteiger partial charge in [0.25, 0.3) is 5.91 Å². The van der Waals surface area contributed by atoms with Crippen LogP contribution >= 0.6 is 11.3 Å². The molecular weight excluding hydrogens is 436 g/mol. The van der Waals surface area contributed by atoms with Crippen LogP contribution in [0.25, 0.3) is 10.2 Å². The lowest BCUT2D eigenvalue weighted by atomic mass is 10.1. The molecule has 0 saturated heterocycles. The van der Waals surface area contributed by atoms with Crippen molar-refractivity contribution in [2.75, 3.05) is 20.8 Å². The molecule has 0 saturated carbocycles. The molecule has 0 N–H and O–H groups in total. The fourth-order valence-corrected chi connectivity index (χ4v) is 3.93. The smallest absolute Gasteiger partial charge is 0.338 e. The maximum absolute atomic E-state index is 12.7. The molecule has 0 bridgehead atoms. The first-order valence-electron chi connectivity index (χ1n) is 9.52. The second-order valence-corrected chi connectivity index (χ2v) is 7.44. The average Bonchev–Trinajstić information content (AvgIpc) is 3.14. The third-order valence-corrected chi connectivity index (χ3v) is 5.50. The van der Waals surface area contributed by atoms with Crippen molar-refractivity contribution in [3.05, 3.63) is 64.0 Å². The molecule has 0 aliphatic carbocycles. The van der Waals surface area contributed by atoms with Gasteiger partial charge in [-0.1, -0.05) is 11.3 Å². The molecule has 10 heteroatoms. The predicted molar refractivity (Wildman–Crippen MR) is 115 cm³/mol. The predicted octanol–water partition coefficient (Wildman–Crippen LogP) is 2.58. The molecule has 0 aliphatic rings. The van der Waals surface area contributed by atoms with E-state index in [2.05, 4.69) is 9.73 Å². The van der Waals surface area contributed by atoms with Gasteiger partial charge in [0.15, 0.2) is 4.80 Å². The van der Waals surface area contributed by atoms with Gasteiger partial charge in [-0.3, -0.25) is 9.59 Å². The highest BCUT2D eigenvalue weighted by molar-refractivity contribution is 7.16. The number of thiazole rings is 1. The molecule has 3 aromatic rings. The number of carbonyl (C=O) groups excluding carboxylic acids is 4. The van der Waals surface area contributed by atoms with Crippen LogP contribution in [0.5, 0.6) is 0 Å². The number of methoxy groups -OCH3 is 2. The number of amides is 1. The molecule has 0 fully saturated rings. The Morgan fingerprint density at radius 1 is 0.906 bits per heavy atom. The first-order chi connectivity index (χ1) is 15.4. The van der Waals surface area contributed by atoms with Crippen LogP contribution < -0.4 is 4.80 Å². The lowest BCUT2D eigenvalue weighted by Gasteiger charge is -2.05. The Morgan fingerprint density at radius 2 is 1.56 bits per heavy atom. The van der Waals surface area contributed by atoms with Crippen LogP contribution in [0.15, 0.2) is 47.5 Å². The third-order valence-electron chi connectivity index (χ3n) is 4.46. The van der Waals surface area contributed by atoms with Crippen molar-refractivity contribution >= 4 is 45.4 Å². The number of hydrogen-bond donors (Lipinski definition) is 0. The molecule has 3 rings (SSSR count).